The summed E-state index contributed by atoms with van der Waals surface area (Å²) in [5, 5.41) is 35.3. The third kappa shape index (κ3) is 9.45. The van der Waals surface area contributed by atoms with Crippen molar-refractivity contribution in [1.29, 1.82) is 10.5 Å². The van der Waals surface area contributed by atoms with E-state index in [0.29, 0.717) is 10.6 Å². The maximum Gasteiger partial charge on any atom is 0.407 e. The predicted octanol–water partition coefficient (Wildman–Crippen LogP) is 3.36. The number of amides is 4. The number of alkyl carbamates (subject to hydrolysis) is 1. The summed E-state index contributed by atoms with van der Waals surface area (Å²) in [4.78, 5) is 37.2. The quantitative estimate of drug-likeness (QED) is 0.189. The summed E-state index contributed by atoms with van der Waals surface area (Å²) in [7, 11) is 0. The Kier molecular flexibility index (Phi) is 12.1. The normalized spacial score (nSPS) is 11.7. The van der Waals surface area contributed by atoms with Crippen LogP contribution in [0.2, 0.25) is 0 Å². The van der Waals surface area contributed by atoms with Gasteiger partial charge in [-0.1, -0.05) is 43.3 Å². The van der Waals surface area contributed by atoms with Crippen LogP contribution in [0.15, 0.2) is 48.5 Å². The highest BCUT2D eigenvalue weighted by molar-refractivity contribution is 5.95. The number of urea groups is 1. The highest BCUT2D eigenvalue weighted by Crippen LogP contribution is 2.21. The molecule has 2 aromatic carbocycles. The fourth-order valence-electron chi connectivity index (χ4n) is 3.41. The Morgan fingerprint density at radius 3 is 2.05 bits per heavy atom. The fraction of sp³-hybridized carbons (Fsp3) is 0.370. The van der Waals surface area contributed by atoms with Gasteiger partial charge in [0.25, 0.3) is 5.91 Å². The van der Waals surface area contributed by atoms with E-state index in [1.165, 1.54) is 12.5 Å². The molecule has 0 unspecified atom stereocenters. The zero-order valence-corrected chi connectivity index (χ0v) is 21.4. The van der Waals surface area contributed by atoms with Crippen molar-refractivity contribution in [3.05, 3.63) is 59.7 Å². The highest BCUT2D eigenvalue weighted by atomic mass is 16.6. The largest absolute Gasteiger partial charge is 0.444 e. The molecule has 200 valence electrons. The first kappa shape index (κ1) is 29.6. The number of ether oxygens (including phenoxy) is 1. The summed E-state index contributed by atoms with van der Waals surface area (Å²) in [5.74, 6) is -0.499. The fourth-order valence-corrected chi connectivity index (χ4v) is 3.41. The van der Waals surface area contributed by atoms with Gasteiger partial charge in [0, 0.05) is 18.7 Å². The van der Waals surface area contributed by atoms with Gasteiger partial charge in [-0.15, -0.1) is 0 Å². The number of carbonyl (C=O) groups excluding carboxylic acids is 3. The average molecular weight is 521 g/mol. The minimum absolute atomic E-state index is 0.0320. The van der Waals surface area contributed by atoms with Crippen LogP contribution in [0.1, 0.15) is 42.6 Å². The zero-order chi connectivity index (χ0) is 27.9. The van der Waals surface area contributed by atoms with Gasteiger partial charge in [-0.2, -0.15) is 10.5 Å². The van der Waals surface area contributed by atoms with Gasteiger partial charge in [0.2, 0.25) is 0 Å². The van der Waals surface area contributed by atoms with Gasteiger partial charge in [0.05, 0.1) is 37.6 Å². The molecule has 0 fully saturated rings. The average Bonchev–Trinajstić information content (AvgIpc) is 2.92. The van der Waals surface area contributed by atoms with Crippen molar-refractivity contribution < 1.29 is 24.3 Å². The molecular weight excluding hydrogens is 488 g/mol. The summed E-state index contributed by atoms with van der Waals surface area (Å²) in [5.41, 5.74) is 3.50. The second-order valence-electron chi connectivity index (χ2n) is 8.38. The first-order valence-corrected chi connectivity index (χ1v) is 12.2. The second-order valence-corrected chi connectivity index (χ2v) is 8.38. The summed E-state index contributed by atoms with van der Waals surface area (Å²) >= 11 is 0. The van der Waals surface area contributed by atoms with E-state index in [4.69, 9.17) is 15.3 Å². The van der Waals surface area contributed by atoms with E-state index in [2.05, 4.69) is 35.0 Å². The summed E-state index contributed by atoms with van der Waals surface area (Å²) in [6, 6.07) is 17.0. The Bertz CT molecular complexity index is 1150. The molecule has 0 heterocycles. The first-order chi connectivity index (χ1) is 18.3. The molecule has 11 heteroatoms. The molecular formula is C27H32N6O5. The number of nitriles is 2. The van der Waals surface area contributed by atoms with Crippen LogP contribution in [0.5, 0.6) is 0 Å². The van der Waals surface area contributed by atoms with Gasteiger partial charge >= 0.3 is 12.1 Å². The Hall–Kier alpha value is -4.61. The van der Waals surface area contributed by atoms with Crippen molar-refractivity contribution in [2.75, 3.05) is 19.6 Å². The van der Waals surface area contributed by atoms with Crippen molar-refractivity contribution >= 4 is 18.0 Å². The molecule has 2 atom stereocenters. The van der Waals surface area contributed by atoms with Crippen molar-refractivity contribution in [1.82, 2.24) is 21.0 Å². The molecule has 4 amide bonds. The van der Waals surface area contributed by atoms with Crippen LogP contribution in [-0.4, -0.2) is 60.1 Å². The lowest BCUT2D eigenvalue weighted by Gasteiger charge is -2.28. The number of hydroxylamine groups is 2. The molecule has 0 aliphatic rings. The van der Waals surface area contributed by atoms with Crippen molar-refractivity contribution in [2.45, 2.75) is 45.3 Å². The lowest BCUT2D eigenvalue weighted by atomic mass is 10.0. The Morgan fingerprint density at radius 1 is 0.947 bits per heavy atom. The van der Waals surface area contributed by atoms with Crippen LogP contribution in [0.4, 0.5) is 9.59 Å². The minimum Gasteiger partial charge on any atom is -0.444 e. The van der Waals surface area contributed by atoms with Crippen molar-refractivity contribution in [2.24, 2.45) is 0 Å². The number of hydrogen-bond donors (Lipinski definition) is 4. The summed E-state index contributed by atoms with van der Waals surface area (Å²) < 4.78 is 5.28. The van der Waals surface area contributed by atoms with Gasteiger partial charge in [-0.25, -0.2) is 14.7 Å². The SMILES string of the molecule is CCc1ccc(-c2ccc(C(=O)N[C@H](CN(O)C(=O)NCCC#N)[C@@H](C)OC(=O)NCCC#N)cc2)cc1. The molecule has 38 heavy (non-hydrogen) atoms. The van der Waals surface area contributed by atoms with Crippen molar-refractivity contribution in [3.8, 4) is 23.3 Å². The maximum absolute atomic E-state index is 13.0. The molecule has 2 aromatic rings. The smallest absolute Gasteiger partial charge is 0.407 e. The van der Waals surface area contributed by atoms with Crippen LogP contribution < -0.4 is 16.0 Å². The van der Waals surface area contributed by atoms with E-state index in [9.17, 15) is 19.6 Å². The van der Waals surface area contributed by atoms with Crippen molar-refractivity contribution in [3.63, 3.8) is 0 Å². The molecule has 0 saturated heterocycles. The van der Waals surface area contributed by atoms with E-state index < -0.39 is 36.7 Å². The van der Waals surface area contributed by atoms with Crippen LogP contribution in [0.25, 0.3) is 11.1 Å². The van der Waals surface area contributed by atoms with Gasteiger partial charge < -0.3 is 20.7 Å². The van der Waals surface area contributed by atoms with Crippen LogP contribution in [0, 0.1) is 22.7 Å². The number of nitrogens with zero attached hydrogens (tertiary/aromatic N) is 3. The van der Waals surface area contributed by atoms with E-state index in [1.54, 1.807) is 12.1 Å². The molecule has 4 N–H and O–H groups in total. The summed E-state index contributed by atoms with van der Waals surface area (Å²) in [6.45, 7) is 3.29. The number of carbonyl (C=O) groups is 3. The minimum atomic E-state index is -0.989. The van der Waals surface area contributed by atoms with Gasteiger partial charge in [0.1, 0.15) is 6.10 Å². The molecule has 0 aliphatic heterocycles. The molecule has 11 nitrogen and oxygen atoms in total. The number of aryl methyl sites for hydroxylation is 1. The van der Waals surface area contributed by atoms with Gasteiger partial charge in [0.15, 0.2) is 0 Å². The molecule has 0 aliphatic carbocycles. The monoisotopic (exact) mass is 520 g/mol. The molecule has 0 spiro atoms. The third-order valence-electron chi connectivity index (χ3n) is 5.64. The first-order valence-electron chi connectivity index (χ1n) is 12.2. The van der Waals surface area contributed by atoms with E-state index in [-0.39, 0.29) is 25.9 Å². The number of benzene rings is 2. The zero-order valence-electron chi connectivity index (χ0n) is 21.4. The standard InChI is InChI=1S/C27H32N6O5/c1-3-20-6-8-21(9-7-20)22-10-12-23(13-11-22)25(34)32-24(18-33(37)26(35)30-16-4-14-28)19(2)38-27(36)31-17-5-15-29/h6-13,19,24,37H,3-5,16-18H2,1-2H3,(H,30,35)(H,31,36)(H,32,34)/t19-,24-/m1/s1. The van der Waals surface area contributed by atoms with E-state index >= 15 is 0 Å². The third-order valence-corrected chi connectivity index (χ3v) is 5.64. The predicted molar refractivity (Wildman–Crippen MR) is 139 cm³/mol. The number of hydrogen-bond acceptors (Lipinski definition) is 7. The molecule has 0 bridgehead atoms. The van der Waals surface area contributed by atoms with E-state index in [0.717, 1.165) is 17.5 Å². The van der Waals surface area contributed by atoms with Crippen LogP contribution >= 0.6 is 0 Å². The van der Waals surface area contributed by atoms with Gasteiger partial charge in [-0.3, -0.25) is 10.0 Å². The van der Waals surface area contributed by atoms with Crippen LogP contribution in [0.3, 0.4) is 0 Å². The Morgan fingerprint density at radius 2 is 1.50 bits per heavy atom. The molecule has 0 saturated carbocycles. The topological polar surface area (TPSA) is 168 Å². The molecule has 0 radical (unpaired) electrons. The molecule has 0 aromatic heterocycles. The Labute approximate surface area is 222 Å². The second kappa shape index (κ2) is 15.5. The van der Waals surface area contributed by atoms with Crippen LogP contribution in [-0.2, 0) is 11.2 Å². The Balaban J connectivity index is 2.12. The lowest BCUT2D eigenvalue weighted by molar-refractivity contribution is -0.0587. The summed E-state index contributed by atoms with van der Waals surface area (Å²) in [6.07, 6.45) is -0.680. The highest BCUT2D eigenvalue weighted by Gasteiger charge is 2.27. The number of rotatable bonds is 12. The number of nitrogens with one attached hydrogen (secondary N) is 3. The van der Waals surface area contributed by atoms with Gasteiger partial charge in [-0.05, 0) is 42.2 Å². The molecule has 2 rings (SSSR count). The maximum atomic E-state index is 13.0. The van der Waals surface area contributed by atoms with E-state index in [1.807, 2.05) is 36.4 Å². The lowest BCUT2D eigenvalue weighted by Crippen LogP contribution is -2.53.